The quantitative estimate of drug-likeness (QED) is 0.207. The molecule has 6 heteroatoms. The van der Waals surface area contributed by atoms with Crippen LogP contribution in [-0.2, 0) is 4.57 Å². The second-order valence-electron chi connectivity index (χ2n) is 5.56. The monoisotopic (exact) mass is 346 g/mol. The molecule has 0 aromatic rings. The molecule has 0 atom stereocenters. The van der Waals surface area contributed by atoms with Crippen LogP contribution in [0.15, 0.2) is 0 Å². The van der Waals surface area contributed by atoms with Crippen LogP contribution in [0, 0.1) is 6.42 Å². The summed E-state index contributed by atoms with van der Waals surface area (Å²) in [5.74, 6) is 0. The minimum Gasteiger partial charge on any atom is -0.328 e. The Hall–Kier alpha value is 1.11. The Labute approximate surface area is 160 Å². The maximum Gasteiger partial charge on any atom is 1.00 e. The number of hydrogen-bond acceptors (Lipinski definition) is 1. The van der Waals surface area contributed by atoms with Crippen molar-refractivity contribution in [1.29, 1.82) is 0 Å². The van der Waals surface area contributed by atoms with Gasteiger partial charge >= 0.3 is 37.4 Å². The van der Waals surface area contributed by atoms with E-state index in [9.17, 15) is 0 Å². The van der Waals surface area contributed by atoms with Crippen LogP contribution in [0.25, 0.3) is 0 Å². The number of hydrogen-bond donors (Lipinski definition) is 3. The van der Waals surface area contributed by atoms with Gasteiger partial charge in [0.25, 0.3) is 0 Å². The molecule has 22 heavy (non-hydrogen) atoms. The van der Waals surface area contributed by atoms with E-state index in [1.54, 1.807) is 0 Å². The van der Waals surface area contributed by atoms with Gasteiger partial charge in [0.1, 0.15) is 0 Å². The Bertz CT molecular complexity index is 212. The van der Waals surface area contributed by atoms with E-state index < -0.39 is 7.82 Å². The van der Waals surface area contributed by atoms with E-state index in [4.69, 9.17) is 19.2 Å². The minimum atomic E-state index is -4.64. The Balaban J connectivity index is -0.000000520. The van der Waals surface area contributed by atoms with Crippen LogP contribution in [0.5, 0.6) is 0 Å². The van der Waals surface area contributed by atoms with Crippen LogP contribution in [-0.4, -0.2) is 14.7 Å². The number of rotatable bonds is 13. The van der Waals surface area contributed by atoms with E-state index >= 15 is 0 Å². The first-order valence-corrected chi connectivity index (χ1v) is 10.1. The van der Waals surface area contributed by atoms with Crippen molar-refractivity contribution in [3.63, 3.8) is 0 Å². The standard InChI is InChI=1S/C16H33.Na.H3O4P/c1-3-5-7-9-11-13-15-16-14-12-10-8-6-4-2;;1-5(2,3)4/h7H,3-6,8-16H2,1-2H3;;(H3,1,2,3,4)/q-1;+1;. The molecule has 0 aliphatic carbocycles. The topological polar surface area (TPSA) is 77.8 Å². The van der Waals surface area contributed by atoms with E-state index in [1.165, 1.54) is 83.5 Å². The largest absolute Gasteiger partial charge is 1.00 e. The van der Waals surface area contributed by atoms with Crippen molar-refractivity contribution in [3.8, 4) is 0 Å². The smallest absolute Gasteiger partial charge is 0.328 e. The van der Waals surface area contributed by atoms with Gasteiger partial charge in [0.15, 0.2) is 0 Å². The van der Waals surface area contributed by atoms with E-state index in [-0.39, 0.29) is 29.6 Å². The van der Waals surface area contributed by atoms with Crippen LogP contribution in [0.4, 0.5) is 0 Å². The molecule has 0 heterocycles. The maximum atomic E-state index is 8.88. The Morgan fingerprint density at radius 2 is 1.05 bits per heavy atom. The number of phosphoric acid groups is 1. The summed E-state index contributed by atoms with van der Waals surface area (Å²) in [6, 6.07) is 0. The van der Waals surface area contributed by atoms with Gasteiger partial charge in [0.2, 0.25) is 0 Å². The van der Waals surface area contributed by atoms with E-state index in [1.807, 2.05) is 0 Å². The summed E-state index contributed by atoms with van der Waals surface area (Å²) in [6.07, 6.45) is 21.0. The normalized spacial score (nSPS) is 10.6. The molecule has 0 amide bonds. The van der Waals surface area contributed by atoms with Gasteiger partial charge in [-0.25, -0.2) is 4.57 Å². The van der Waals surface area contributed by atoms with E-state index in [0.29, 0.717) is 0 Å². The van der Waals surface area contributed by atoms with Gasteiger partial charge in [-0.15, -0.1) is 0 Å². The summed E-state index contributed by atoms with van der Waals surface area (Å²) in [6.45, 7) is 4.55. The zero-order valence-corrected chi connectivity index (χ0v) is 17.9. The minimum absolute atomic E-state index is 0. The third-order valence-corrected chi connectivity index (χ3v) is 3.25. The molecule has 0 unspecified atom stereocenters. The maximum absolute atomic E-state index is 8.88. The molecule has 0 aliphatic heterocycles. The van der Waals surface area contributed by atoms with E-state index in [2.05, 4.69) is 20.3 Å². The first-order valence-electron chi connectivity index (χ1n) is 8.51. The van der Waals surface area contributed by atoms with E-state index in [0.717, 1.165) is 0 Å². The van der Waals surface area contributed by atoms with Gasteiger partial charge in [-0.05, 0) is 0 Å². The summed E-state index contributed by atoms with van der Waals surface area (Å²) in [7, 11) is -4.64. The Kier molecular flexibility index (Phi) is 28.1. The van der Waals surface area contributed by atoms with Crippen molar-refractivity contribution in [1.82, 2.24) is 0 Å². The van der Waals surface area contributed by atoms with Crippen LogP contribution in [0.1, 0.15) is 97.3 Å². The third kappa shape index (κ3) is 42.9. The molecular formula is C16H36NaO4P. The van der Waals surface area contributed by atoms with Gasteiger partial charge in [-0.1, -0.05) is 84.5 Å². The fourth-order valence-electron chi connectivity index (χ4n) is 2.12. The molecule has 3 N–H and O–H groups in total. The molecule has 0 radical (unpaired) electrons. The first-order chi connectivity index (χ1) is 9.91. The second-order valence-corrected chi connectivity index (χ2v) is 6.59. The van der Waals surface area contributed by atoms with Crippen molar-refractivity contribution >= 4 is 7.82 Å². The molecule has 0 aromatic heterocycles. The predicted molar refractivity (Wildman–Crippen MR) is 89.9 cm³/mol. The Morgan fingerprint density at radius 1 is 0.682 bits per heavy atom. The molecule has 0 aromatic carbocycles. The molecule has 0 spiro atoms. The fraction of sp³-hybridized carbons (Fsp3) is 0.938. The molecule has 4 nitrogen and oxygen atoms in total. The zero-order chi connectivity index (χ0) is 16.4. The average molecular weight is 346 g/mol. The third-order valence-electron chi connectivity index (χ3n) is 3.25. The summed E-state index contributed by atoms with van der Waals surface area (Å²) in [4.78, 5) is 21.6. The van der Waals surface area contributed by atoms with Gasteiger partial charge in [0, 0.05) is 0 Å². The molecule has 130 valence electrons. The summed E-state index contributed by atoms with van der Waals surface area (Å²) < 4.78 is 8.88. The Morgan fingerprint density at radius 3 is 1.41 bits per heavy atom. The molecule has 0 fully saturated rings. The first kappa shape index (κ1) is 27.9. The van der Waals surface area contributed by atoms with Gasteiger partial charge in [-0.2, -0.15) is 12.8 Å². The average Bonchev–Trinajstić information content (AvgIpc) is 2.38. The summed E-state index contributed by atoms with van der Waals surface area (Å²) in [5.41, 5.74) is 0. The van der Waals surface area contributed by atoms with Crippen molar-refractivity contribution in [3.05, 3.63) is 6.42 Å². The number of unbranched alkanes of at least 4 members (excludes halogenated alkanes) is 13. The zero-order valence-electron chi connectivity index (χ0n) is 15.0. The molecule has 0 bridgehead atoms. The predicted octanol–water partition coefficient (Wildman–Crippen LogP) is 2.38. The van der Waals surface area contributed by atoms with Gasteiger partial charge < -0.3 is 21.1 Å². The molecule has 0 rings (SSSR count). The summed E-state index contributed by atoms with van der Waals surface area (Å²) in [5, 5.41) is 0. The SMILES string of the molecule is CCC[CH-]CCCCCCCCCCCC.O=P(O)(O)O.[Na+]. The molecule has 0 saturated heterocycles. The van der Waals surface area contributed by atoms with Crippen molar-refractivity contribution < 1.29 is 48.8 Å². The van der Waals surface area contributed by atoms with Gasteiger partial charge in [0.05, 0.1) is 0 Å². The van der Waals surface area contributed by atoms with Crippen LogP contribution in [0.3, 0.4) is 0 Å². The molecule has 0 saturated carbocycles. The van der Waals surface area contributed by atoms with Crippen LogP contribution < -0.4 is 29.6 Å². The van der Waals surface area contributed by atoms with Crippen molar-refractivity contribution in [2.45, 2.75) is 97.3 Å². The molecule has 0 aliphatic rings. The van der Waals surface area contributed by atoms with Gasteiger partial charge in [-0.3, -0.25) is 0 Å². The van der Waals surface area contributed by atoms with Crippen molar-refractivity contribution in [2.75, 3.05) is 0 Å². The van der Waals surface area contributed by atoms with Crippen LogP contribution >= 0.6 is 7.82 Å². The second kappa shape index (κ2) is 22.1. The van der Waals surface area contributed by atoms with Crippen molar-refractivity contribution in [2.24, 2.45) is 0 Å². The summed E-state index contributed by atoms with van der Waals surface area (Å²) >= 11 is 0. The van der Waals surface area contributed by atoms with Crippen LogP contribution in [0.2, 0.25) is 0 Å². The fourth-order valence-corrected chi connectivity index (χ4v) is 2.12. The molecular weight excluding hydrogens is 310 g/mol.